The molecule has 1 N–H and O–H groups in total. The first-order valence-electron chi connectivity index (χ1n) is 7.58. The number of benzene rings is 1. The summed E-state index contributed by atoms with van der Waals surface area (Å²) in [7, 11) is -1.87. The molecule has 0 amide bonds. The van der Waals surface area contributed by atoms with Gasteiger partial charge in [-0.2, -0.15) is 0 Å². The number of nitrogens with one attached hydrogen (secondary N) is 1. The number of rotatable bonds is 9. The van der Waals surface area contributed by atoms with Gasteiger partial charge in [0.25, 0.3) is 0 Å². The molecule has 1 rings (SSSR count). The van der Waals surface area contributed by atoms with Crippen molar-refractivity contribution in [3.63, 3.8) is 0 Å². The molecular weight excluding hydrogens is 286 g/mol. The Labute approximate surface area is 129 Å². The van der Waals surface area contributed by atoms with E-state index in [0.717, 1.165) is 31.2 Å². The van der Waals surface area contributed by atoms with Gasteiger partial charge in [-0.25, -0.2) is 13.1 Å². The van der Waals surface area contributed by atoms with Crippen LogP contribution in [0.3, 0.4) is 0 Å². The Bertz CT molecular complexity index is 540. The summed E-state index contributed by atoms with van der Waals surface area (Å²) in [5.74, 6) is 1.10. The minimum atomic E-state index is -3.44. The van der Waals surface area contributed by atoms with Gasteiger partial charge in [0.2, 0.25) is 10.0 Å². The molecule has 0 saturated carbocycles. The quantitative estimate of drug-likeness (QED) is 0.759. The molecule has 1 unspecified atom stereocenters. The number of sulfonamides is 1. The molecule has 5 heteroatoms. The Hall–Kier alpha value is -1.07. The molecule has 21 heavy (non-hydrogen) atoms. The van der Waals surface area contributed by atoms with Crippen molar-refractivity contribution >= 4 is 10.0 Å². The molecule has 1 aromatic rings. The average molecular weight is 313 g/mol. The number of ether oxygens (including phenoxy) is 1. The first kappa shape index (κ1) is 18.0. The SMILES string of the molecule is CCCCC(CC)CNS(=O)(=O)c1ccc(OC)c(C)c1. The summed E-state index contributed by atoms with van der Waals surface area (Å²) < 4.78 is 32.5. The smallest absolute Gasteiger partial charge is 0.240 e. The van der Waals surface area contributed by atoms with Gasteiger partial charge >= 0.3 is 0 Å². The molecule has 0 spiro atoms. The van der Waals surface area contributed by atoms with Gasteiger partial charge < -0.3 is 4.74 Å². The summed E-state index contributed by atoms with van der Waals surface area (Å²) in [5.41, 5.74) is 0.818. The molecule has 0 heterocycles. The van der Waals surface area contributed by atoms with Gasteiger partial charge in [-0.05, 0) is 43.0 Å². The third-order valence-corrected chi connectivity index (χ3v) is 5.20. The molecular formula is C16H27NO3S. The zero-order valence-corrected chi connectivity index (χ0v) is 14.3. The Morgan fingerprint density at radius 2 is 2.00 bits per heavy atom. The van der Waals surface area contributed by atoms with Crippen LogP contribution in [-0.4, -0.2) is 22.1 Å². The van der Waals surface area contributed by atoms with Crippen LogP contribution in [0, 0.1) is 12.8 Å². The third-order valence-electron chi connectivity index (χ3n) is 3.78. The summed E-state index contributed by atoms with van der Waals surface area (Å²) in [6, 6.07) is 4.92. The molecule has 0 aliphatic heterocycles. The van der Waals surface area contributed by atoms with Crippen LogP contribution in [-0.2, 0) is 10.0 Å². The fourth-order valence-corrected chi connectivity index (χ4v) is 3.47. The summed E-state index contributed by atoms with van der Waals surface area (Å²) in [5, 5.41) is 0. The zero-order valence-electron chi connectivity index (χ0n) is 13.5. The molecule has 0 aliphatic rings. The lowest BCUT2D eigenvalue weighted by molar-refractivity contribution is 0.411. The van der Waals surface area contributed by atoms with E-state index >= 15 is 0 Å². The van der Waals surface area contributed by atoms with E-state index in [2.05, 4.69) is 18.6 Å². The van der Waals surface area contributed by atoms with Gasteiger partial charge in [0.15, 0.2) is 0 Å². The van der Waals surface area contributed by atoms with Crippen LogP contribution in [0.4, 0.5) is 0 Å². The van der Waals surface area contributed by atoms with Gasteiger partial charge in [0.1, 0.15) is 5.75 Å². The van der Waals surface area contributed by atoms with Crippen molar-refractivity contribution in [2.24, 2.45) is 5.92 Å². The minimum absolute atomic E-state index is 0.297. The lowest BCUT2D eigenvalue weighted by atomic mass is 10.00. The summed E-state index contributed by atoms with van der Waals surface area (Å²) in [6.07, 6.45) is 4.34. The van der Waals surface area contributed by atoms with Crippen molar-refractivity contribution in [2.45, 2.75) is 51.3 Å². The minimum Gasteiger partial charge on any atom is -0.496 e. The van der Waals surface area contributed by atoms with Crippen molar-refractivity contribution in [2.75, 3.05) is 13.7 Å². The fourth-order valence-electron chi connectivity index (χ4n) is 2.27. The van der Waals surface area contributed by atoms with Crippen LogP contribution in [0.5, 0.6) is 5.75 Å². The van der Waals surface area contributed by atoms with Crippen molar-refractivity contribution in [3.05, 3.63) is 23.8 Å². The molecule has 0 radical (unpaired) electrons. The molecule has 0 bridgehead atoms. The fraction of sp³-hybridized carbons (Fsp3) is 0.625. The van der Waals surface area contributed by atoms with Crippen molar-refractivity contribution < 1.29 is 13.2 Å². The Balaban J connectivity index is 2.74. The zero-order chi connectivity index (χ0) is 15.9. The first-order valence-corrected chi connectivity index (χ1v) is 9.07. The predicted molar refractivity (Wildman–Crippen MR) is 86.2 cm³/mol. The molecule has 0 fully saturated rings. The molecule has 120 valence electrons. The average Bonchev–Trinajstić information content (AvgIpc) is 2.47. The Kier molecular flexibility index (Phi) is 7.18. The van der Waals surface area contributed by atoms with E-state index in [1.165, 1.54) is 0 Å². The molecule has 0 saturated heterocycles. The van der Waals surface area contributed by atoms with Crippen LogP contribution in [0.25, 0.3) is 0 Å². The molecule has 1 aromatic carbocycles. The topological polar surface area (TPSA) is 55.4 Å². The van der Waals surface area contributed by atoms with E-state index in [-0.39, 0.29) is 0 Å². The van der Waals surface area contributed by atoms with Crippen LogP contribution in [0.1, 0.15) is 45.1 Å². The van der Waals surface area contributed by atoms with Crippen LogP contribution in [0.2, 0.25) is 0 Å². The van der Waals surface area contributed by atoms with Crippen LogP contribution < -0.4 is 9.46 Å². The first-order chi connectivity index (χ1) is 9.94. The summed E-state index contributed by atoms with van der Waals surface area (Å²) >= 11 is 0. The third kappa shape index (κ3) is 5.32. The summed E-state index contributed by atoms with van der Waals surface area (Å²) in [4.78, 5) is 0.297. The highest BCUT2D eigenvalue weighted by atomic mass is 32.2. The maximum atomic E-state index is 12.3. The maximum Gasteiger partial charge on any atom is 0.240 e. The van der Waals surface area contributed by atoms with Crippen molar-refractivity contribution in [3.8, 4) is 5.75 Å². The van der Waals surface area contributed by atoms with E-state index in [1.807, 2.05) is 6.92 Å². The highest BCUT2D eigenvalue weighted by molar-refractivity contribution is 7.89. The van der Waals surface area contributed by atoms with Crippen LogP contribution >= 0.6 is 0 Å². The highest BCUT2D eigenvalue weighted by Crippen LogP contribution is 2.21. The molecule has 1 atom stereocenters. The number of unbranched alkanes of at least 4 members (excludes halogenated alkanes) is 1. The van der Waals surface area contributed by atoms with Gasteiger partial charge in [0, 0.05) is 6.54 Å². The normalized spacial score (nSPS) is 13.1. The number of aryl methyl sites for hydroxylation is 1. The summed E-state index contributed by atoms with van der Waals surface area (Å²) in [6.45, 7) is 6.60. The lowest BCUT2D eigenvalue weighted by Crippen LogP contribution is -2.29. The highest BCUT2D eigenvalue weighted by Gasteiger charge is 2.17. The van der Waals surface area contributed by atoms with E-state index < -0.39 is 10.0 Å². The van der Waals surface area contributed by atoms with E-state index in [9.17, 15) is 8.42 Å². The molecule has 4 nitrogen and oxygen atoms in total. The van der Waals surface area contributed by atoms with Gasteiger partial charge in [-0.1, -0.05) is 33.1 Å². The van der Waals surface area contributed by atoms with Gasteiger partial charge in [-0.15, -0.1) is 0 Å². The molecule has 0 aromatic heterocycles. The standard InChI is InChI=1S/C16H27NO3S/c1-5-7-8-14(6-2)12-17-21(18,19)15-9-10-16(20-4)13(3)11-15/h9-11,14,17H,5-8,12H2,1-4H3. The van der Waals surface area contributed by atoms with E-state index in [0.29, 0.717) is 23.1 Å². The van der Waals surface area contributed by atoms with Crippen molar-refractivity contribution in [1.82, 2.24) is 4.72 Å². The largest absolute Gasteiger partial charge is 0.496 e. The number of hydrogen-bond acceptors (Lipinski definition) is 3. The second-order valence-electron chi connectivity index (χ2n) is 5.40. The Morgan fingerprint density at radius 3 is 2.52 bits per heavy atom. The Morgan fingerprint density at radius 1 is 1.29 bits per heavy atom. The van der Waals surface area contributed by atoms with Gasteiger partial charge in [-0.3, -0.25) is 0 Å². The van der Waals surface area contributed by atoms with Gasteiger partial charge in [0.05, 0.1) is 12.0 Å². The number of methoxy groups -OCH3 is 1. The molecule has 0 aliphatic carbocycles. The lowest BCUT2D eigenvalue weighted by Gasteiger charge is -2.16. The monoisotopic (exact) mass is 313 g/mol. The van der Waals surface area contributed by atoms with Crippen molar-refractivity contribution in [1.29, 1.82) is 0 Å². The van der Waals surface area contributed by atoms with Crippen LogP contribution in [0.15, 0.2) is 23.1 Å². The number of hydrogen-bond donors (Lipinski definition) is 1. The second-order valence-corrected chi connectivity index (χ2v) is 7.17. The maximum absolute atomic E-state index is 12.3. The second kappa shape index (κ2) is 8.39. The van der Waals surface area contributed by atoms with E-state index in [4.69, 9.17) is 4.74 Å². The van der Waals surface area contributed by atoms with E-state index in [1.54, 1.807) is 25.3 Å². The predicted octanol–water partition coefficient (Wildman–Crippen LogP) is 3.50.